The molecule has 0 saturated heterocycles. The molecule has 0 saturated carbocycles. The maximum absolute atomic E-state index is 5.12. The van der Waals surface area contributed by atoms with Crippen LogP contribution in [0.2, 0.25) is 0 Å². The van der Waals surface area contributed by atoms with Crippen LogP contribution in [0.1, 0.15) is 0 Å². The van der Waals surface area contributed by atoms with Crippen LogP contribution in [0.5, 0.6) is 0 Å². The molecule has 0 amide bonds. The van der Waals surface area contributed by atoms with Crippen molar-refractivity contribution in [3.8, 4) is 158 Å². The average Bonchev–Trinajstić information content (AvgIpc) is 1.61. The summed E-state index contributed by atoms with van der Waals surface area (Å²) in [5.74, 6) is 6.12. The first kappa shape index (κ1) is 77.8. The molecule has 24 rings (SSSR count). The van der Waals surface area contributed by atoms with Gasteiger partial charge < -0.3 is 0 Å². The first-order valence-corrected chi connectivity index (χ1v) is 47.3. The first-order chi connectivity index (χ1) is 62.9. The third kappa shape index (κ3) is 15.8. The molecule has 596 valence electrons. The number of fused-ring (bicyclic) bond motifs is 10. The summed E-state index contributed by atoms with van der Waals surface area (Å²) in [6.07, 6.45) is 0. The Morgan fingerprint density at radius 3 is 0.787 bits per heavy atom. The van der Waals surface area contributed by atoms with Crippen LogP contribution in [-0.4, -0.2) is 88.4 Å². The summed E-state index contributed by atoms with van der Waals surface area (Å²) >= 11 is 0.578. The van der Waals surface area contributed by atoms with E-state index < -0.39 is 0 Å². The van der Waals surface area contributed by atoms with Gasteiger partial charge in [0.15, 0.2) is 0 Å². The fraction of sp³-hybridized carbons (Fsp3) is 0. The Hall–Kier alpha value is -15.2. The number of hydrogen-bond donors (Lipinski definition) is 0. The molecular weight excluding hydrogens is 1740 g/mol. The fourth-order valence-corrected chi connectivity index (χ4v) is 24.6. The summed E-state index contributed by atoms with van der Waals surface area (Å²) in [6, 6.07) is 155. The summed E-state index contributed by atoms with van der Waals surface area (Å²) < 4.78 is 8.38. The summed E-state index contributed by atoms with van der Waals surface area (Å²) in [5.41, 5.74) is 21.3. The zero-order chi connectivity index (χ0) is 84.4. The van der Waals surface area contributed by atoms with E-state index in [2.05, 4.69) is 346 Å². The van der Waals surface area contributed by atoms with Crippen molar-refractivity contribution in [2.24, 2.45) is 0 Å². The first-order valence-electron chi connectivity index (χ1n) is 42.2. The normalized spacial score (nSPS) is 11.3. The van der Waals surface area contributed by atoms with Gasteiger partial charge in [-0.3, -0.25) is 0 Å². The average molecular weight is 1820 g/mol. The van der Waals surface area contributed by atoms with Crippen LogP contribution in [0, 0.1) is 0 Å². The standard InChI is InChI=1S/2C39H25N3Se.C37H23N3Se/c1-4-12-26(13-5-1)27-22-24-30(25-23-27)38-40-37(29-16-8-3-9-17-29)41-39(42-38)33-20-11-21-34-35(33)32-19-10-18-31(36(32)43-34)28-14-6-2-7-15-28;1-4-11-26(12-5-1)27-19-21-30(22-20-27)38-40-37(29-15-8-3-9-16-29)41-39(42-38)31-23-24-35-34(25-31)33-18-10-17-32(36(33)43-35)28-13-6-2-7-14-28;1-3-12-25(13-4-1)35-38-36(26-14-5-2-6-15-26)40-37(39-35)31-19-10-20-32-33(31)30-18-9-17-29(34(30)41-32)28-22-21-24-11-7-8-16-27(24)23-28/h2*1-25H;1-23H. The van der Waals surface area contributed by atoms with Crippen molar-refractivity contribution in [1.82, 2.24) is 44.9 Å². The van der Waals surface area contributed by atoms with E-state index in [9.17, 15) is 0 Å². The van der Waals surface area contributed by atoms with Crippen molar-refractivity contribution in [3.63, 3.8) is 0 Å². The Morgan fingerprint density at radius 2 is 0.394 bits per heavy atom. The van der Waals surface area contributed by atoms with Crippen molar-refractivity contribution in [1.29, 1.82) is 0 Å². The molecule has 24 aromatic rings. The third-order valence-corrected chi connectivity index (χ3v) is 30.7. The van der Waals surface area contributed by atoms with Gasteiger partial charge in [-0.15, -0.1) is 0 Å². The molecule has 0 aliphatic rings. The number of rotatable bonds is 14. The zero-order valence-corrected chi connectivity index (χ0v) is 73.5. The Kier molecular flexibility index (Phi) is 21.4. The second kappa shape index (κ2) is 34.8. The molecule has 0 radical (unpaired) electrons. The predicted molar refractivity (Wildman–Crippen MR) is 529 cm³/mol. The van der Waals surface area contributed by atoms with Crippen LogP contribution in [0.4, 0.5) is 0 Å². The predicted octanol–water partition coefficient (Wildman–Crippen LogP) is 28.2. The topological polar surface area (TPSA) is 116 Å². The quantitative estimate of drug-likeness (QED) is 0.0981. The second-order valence-corrected chi connectivity index (χ2v) is 37.6. The van der Waals surface area contributed by atoms with Crippen LogP contribution >= 0.6 is 0 Å². The van der Waals surface area contributed by atoms with E-state index in [4.69, 9.17) is 44.9 Å². The maximum atomic E-state index is 5.12. The van der Waals surface area contributed by atoms with Crippen molar-refractivity contribution in [3.05, 3.63) is 443 Å². The van der Waals surface area contributed by atoms with Crippen LogP contribution in [0.3, 0.4) is 0 Å². The van der Waals surface area contributed by atoms with E-state index in [-0.39, 0.29) is 43.5 Å². The summed E-state index contributed by atoms with van der Waals surface area (Å²) in [5, 5.41) is 10.2. The molecule has 0 spiro atoms. The van der Waals surface area contributed by atoms with Gasteiger partial charge in [0, 0.05) is 0 Å². The molecule has 0 aliphatic heterocycles. The Labute approximate surface area is 751 Å². The molecule has 0 N–H and O–H groups in total. The van der Waals surface area contributed by atoms with Crippen LogP contribution in [0.15, 0.2) is 443 Å². The van der Waals surface area contributed by atoms with Crippen LogP contribution in [-0.2, 0) is 0 Å². The molecule has 0 aliphatic carbocycles. The van der Waals surface area contributed by atoms with Gasteiger partial charge in [-0.2, -0.15) is 0 Å². The van der Waals surface area contributed by atoms with Gasteiger partial charge in [-0.1, -0.05) is 48.5 Å². The SMILES string of the molecule is c1ccc(-c2ccc(-c3nc(-c4ccccc4)nc(-c4ccc5[se]c6c(-c7ccccc7)cccc6c5c4)n3)cc2)cc1.c1ccc(-c2ccc(-c3nc(-c4ccccc4)nc(-c4cccc5[se]c6c(-c7ccccc7)cccc6c45)n3)cc2)cc1.c1ccc(-c2nc(-c3ccccc3)nc(-c3cccc4[se]c5c(-c6ccc7ccccc7c6)cccc5c34)n2)cc1. The van der Waals surface area contributed by atoms with Crippen molar-refractivity contribution in [2.45, 2.75) is 0 Å². The van der Waals surface area contributed by atoms with Crippen molar-refractivity contribution in [2.75, 3.05) is 0 Å². The molecule has 6 heterocycles. The Bertz CT molecular complexity index is 8090. The molecule has 0 fully saturated rings. The summed E-state index contributed by atoms with van der Waals surface area (Å²) in [7, 11) is 0. The summed E-state index contributed by atoms with van der Waals surface area (Å²) in [4.78, 5) is 45.1. The van der Waals surface area contributed by atoms with Crippen molar-refractivity contribution < 1.29 is 0 Å². The number of benzene rings is 18. The minimum absolute atomic E-state index is 0.167. The molecule has 0 atom stereocenters. The molecule has 9 nitrogen and oxygen atoms in total. The van der Waals surface area contributed by atoms with Gasteiger partial charge in [-0.05, 0) is 0 Å². The van der Waals surface area contributed by atoms with Gasteiger partial charge >= 0.3 is 709 Å². The Balaban J connectivity index is 0.000000113. The molecule has 127 heavy (non-hydrogen) atoms. The fourth-order valence-electron chi connectivity index (χ4n) is 16.8. The molecule has 6 aromatic heterocycles. The molecule has 0 unspecified atom stereocenters. The van der Waals surface area contributed by atoms with Gasteiger partial charge in [-0.25, -0.2) is 0 Å². The van der Waals surface area contributed by atoms with E-state index >= 15 is 0 Å². The summed E-state index contributed by atoms with van der Waals surface area (Å²) in [6.45, 7) is 0. The van der Waals surface area contributed by atoms with Crippen LogP contribution in [0.25, 0.3) is 227 Å². The minimum atomic E-state index is 0.167. The number of nitrogens with zero attached hydrogens (tertiary/aromatic N) is 9. The van der Waals surface area contributed by atoms with E-state index in [1.54, 1.807) is 0 Å². The molecule has 18 aromatic carbocycles. The van der Waals surface area contributed by atoms with E-state index in [0.29, 0.717) is 52.4 Å². The molecular formula is C115H73N9Se3. The number of hydrogen-bond acceptors (Lipinski definition) is 9. The van der Waals surface area contributed by atoms with E-state index in [1.807, 2.05) is 97.1 Å². The zero-order valence-electron chi connectivity index (χ0n) is 68.4. The molecule has 0 bridgehead atoms. The van der Waals surface area contributed by atoms with Gasteiger partial charge in [0.05, 0.1) is 0 Å². The van der Waals surface area contributed by atoms with Gasteiger partial charge in [0.2, 0.25) is 0 Å². The second-order valence-electron chi connectivity index (χ2n) is 31.0. The third-order valence-electron chi connectivity index (χ3n) is 23.0. The molecule has 12 heteroatoms. The number of aromatic nitrogens is 9. The van der Waals surface area contributed by atoms with Gasteiger partial charge in [0.1, 0.15) is 0 Å². The van der Waals surface area contributed by atoms with E-state index in [0.717, 1.165) is 61.2 Å². The van der Waals surface area contributed by atoms with Gasteiger partial charge in [0.25, 0.3) is 0 Å². The Morgan fingerprint density at radius 1 is 0.134 bits per heavy atom. The van der Waals surface area contributed by atoms with E-state index in [1.165, 1.54) is 113 Å². The monoisotopic (exact) mass is 1820 g/mol. The van der Waals surface area contributed by atoms with Crippen molar-refractivity contribution >= 4 is 112 Å². The van der Waals surface area contributed by atoms with Crippen LogP contribution < -0.4 is 0 Å².